The van der Waals surface area contributed by atoms with E-state index in [1.54, 1.807) is 18.4 Å². The first-order valence-corrected chi connectivity index (χ1v) is 6.86. The molecule has 0 bridgehead atoms. The Kier molecular flexibility index (Phi) is 4.33. The summed E-state index contributed by atoms with van der Waals surface area (Å²) in [7, 11) is 3.65. The van der Waals surface area contributed by atoms with Crippen LogP contribution in [-0.2, 0) is 6.42 Å². The molecule has 0 aliphatic heterocycles. The summed E-state index contributed by atoms with van der Waals surface area (Å²) in [5, 5.41) is 6.44. The second kappa shape index (κ2) is 5.98. The Labute approximate surface area is 112 Å². The number of likely N-dealkylation sites (N-methyl/N-ethyl adjacent to an activating group) is 1. The number of hydrogen-bond acceptors (Lipinski definition) is 4. The fourth-order valence-corrected chi connectivity index (χ4v) is 2.63. The van der Waals surface area contributed by atoms with E-state index < -0.39 is 0 Å². The van der Waals surface area contributed by atoms with Crippen molar-refractivity contribution in [1.29, 1.82) is 0 Å². The first-order valence-electron chi connectivity index (χ1n) is 5.98. The number of nitrogens with one attached hydrogen (secondary N) is 1. The van der Waals surface area contributed by atoms with Crippen LogP contribution in [0.2, 0.25) is 0 Å². The number of hydrogen-bond donors (Lipinski definition) is 1. The highest BCUT2D eigenvalue weighted by Crippen LogP contribution is 2.27. The fraction of sp³-hybridized carbons (Fsp3) is 0.357. The summed E-state index contributed by atoms with van der Waals surface area (Å²) in [6.45, 7) is 3.05. The summed E-state index contributed by atoms with van der Waals surface area (Å²) in [6, 6.07) is 6.10. The smallest absolute Gasteiger partial charge is 0.119 e. The summed E-state index contributed by atoms with van der Waals surface area (Å²) in [4.78, 5) is 4.67. The summed E-state index contributed by atoms with van der Waals surface area (Å²) < 4.78 is 5.22. The van der Waals surface area contributed by atoms with Crippen molar-refractivity contribution in [3.05, 3.63) is 34.2 Å². The number of thiazole rings is 1. The van der Waals surface area contributed by atoms with Gasteiger partial charge in [-0.1, -0.05) is 0 Å². The average molecular weight is 262 g/mol. The third-order valence-corrected chi connectivity index (χ3v) is 3.76. The lowest BCUT2D eigenvalue weighted by Gasteiger charge is -2.05. The van der Waals surface area contributed by atoms with E-state index in [0.717, 1.165) is 24.4 Å². The molecule has 0 saturated carbocycles. The molecule has 4 heteroatoms. The fourth-order valence-electron chi connectivity index (χ4n) is 1.83. The number of ether oxygens (including phenoxy) is 1. The van der Waals surface area contributed by atoms with E-state index >= 15 is 0 Å². The Bertz CT molecular complexity index is 522. The molecule has 2 rings (SSSR count). The molecule has 0 atom stereocenters. The molecule has 0 spiro atoms. The quantitative estimate of drug-likeness (QED) is 0.899. The average Bonchev–Trinajstić information content (AvgIpc) is 2.84. The van der Waals surface area contributed by atoms with Crippen LogP contribution in [0, 0.1) is 6.92 Å². The molecule has 1 N–H and O–H groups in total. The van der Waals surface area contributed by atoms with E-state index in [1.807, 2.05) is 19.2 Å². The van der Waals surface area contributed by atoms with E-state index in [1.165, 1.54) is 16.1 Å². The maximum absolute atomic E-state index is 5.22. The molecule has 3 nitrogen and oxygen atoms in total. The molecule has 1 heterocycles. The van der Waals surface area contributed by atoms with Crippen LogP contribution < -0.4 is 10.1 Å². The SMILES string of the molecule is CNCCc1nc(-c2ccc(OC)cc2C)cs1. The number of nitrogens with zero attached hydrogens (tertiary/aromatic N) is 1. The van der Waals surface area contributed by atoms with Gasteiger partial charge in [-0.3, -0.25) is 0 Å². The van der Waals surface area contributed by atoms with Crippen LogP contribution in [0.5, 0.6) is 5.75 Å². The monoisotopic (exact) mass is 262 g/mol. The lowest BCUT2D eigenvalue weighted by Crippen LogP contribution is -2.09. The van der Waals surface area contributed by atoms with Crippen LogP contribution in [0.15, 0.2) is 23.6 Å². The zero-order valence-corrected chi connectivity index (χ0v) is 11.8. The second-order valence-corrected chi connectivity index (χ2v) is 5.10. The van der Waals surface area contributed by atoms with Crippen LogP contribution in [0.1, 0.15) is 10.6 Å². The van der Waals surface area contributed by atoms with Crippen molar-refractivity contribution in [2.24, 2.45) is 0 Å². The van der Waals surface area contributed by atoms with Gasteiger partial charge in [-0.05, 0) is 37.7 Å². The van der Waals surface area contributed by atoms with Gasteiger partial charge in [-0.2, -0.15) is 0 Å². The van der Waals surface area contributed by atoms with Crippen molar-refractivity contribution in [2.45, 2.75) is 13.3 Å². The largest absolute Gasteiger partial charge is 0.497 e. The highest BCUT2D eigenvalue weighted by Gasteiger charge is 2.07. The first kappa shape index (κ1) is 13.1. The highest BCUT2D eigenvalue weighted by atomic mass is 32.1. The van der Waals surface area contributed by atoms with E-state index in [4.69, 9.17) is 4.74 Å². The molecule has 1 aromatic carbocycles. The second-order valence-electron chi connectivity index (χ2n) is 4.16. The summed E-state index contributed by atoms with van der Waals surface area (Å²) in [6.07, 6.45) is 0.983. The van der Waals surface area contributed by atoms with Crippen molar-refractivity contribution < 1.29 is 4.74 Å². The van der Waals surface area contributed by atoms with Gasteiger partial charge in [-0.15, -0.1) is 11.3 Å². The summed E-state index contributed by atoms with van der Waals surface area (Å²) >= 11 is 1.72. The summed E-state index contributed by atoms with van der Waals surface area (Å²) in [5.41, 5.74) is 3.44. The molecule has 0 amide bonds. The van der Waals surface area contributed by atoms with Crippen LogP contribution in [0.3, 0.4) is 0 Å². The van der Waals surface area contributed by atoms with E-state index in [2.05, 4.69) is 28.7 Å². The highest BCUT2D eigenvalue weighted by molar-refractivity contribution is 7.09. The molecule has 0 aliphatic carbocycles. The van der Waals surface area contributed by atoms with Crippen molar-refractivity contribution in [3.8, 4) is 17.0 Å². The maximum atomic E-state index is 5.22. The van der Waals surface area contributed by atoms with E-state index in [0.29, 0.717) is 0 Å². The third kappa shape index (κ3) is 2.89. The maximum Gasteiger partial charge on any atom is 0.119 e. The summed E-state index contributed by atoms with van der Waals surface area (Å²) in [5.74, 6) is 0.891. The number of benzene rings is 1. The Morgan fingerprint density at radius 3 is 2.89 bits per heavy atom. The lowest BCUT2D eigenvalue weighted by atomic mass is 10.1. The Morgan fingerprint density at radius 1 is 1.39 bits per heavy atom. The van der Waals surface area contributed by atoms with Crippen LogP contribution >= 0.6 is 11.3 Å². The van der Waals surface area contributed by atoms with Gasteiger partial charge < -0.3 is 10.1 Å². The predicted molar refractivity (Wildman–Crippen MR) is 76.5 cm³/mol. The van der Waals surface area contributed by atoms with Gasteiger partial charge in [0.15, 0.2) is 0 Å². The molecule has 0 fully saturated rings. The van der Waals surface area contributed by atoms with Crippen LogP contribution in [-0.4, -0.2) is 25.7 Å². The van der Waals surface area contributed by atoms with Crippen molar-refractivity contribution in [2.75, 3.05) is 20.7 Å². The van der Waals surface area contributed by atoms with Crippen molar-refractivity contribution >= 4 is 11.3 Å². The van der Waals surface area contributed by atoms with Crippen LogP contribution in [0.25, 0.3) is 11.3 Å². The molecule has 0 aliphatic rings. The zero-order chi connectivity index (χ0) is 13.0. The minimum Gasteiger partial charge on any atom is -0.497 e. The lowest BCUT2D eigenvalue weighted by molar-refractivity contribution is 0.414. The van der Waals surface area contributed by atoms with E-state index in [-0.39, 0.29) is 0 Å². The Morgan fingerprint density at radius 2 is 2.22 bits per heavy atom. The van der Waals surface area contributed by atoms with Gasteiger partial charge in [0.1, 0.15) is 5.75 Å². The molecule has 2 aromatic rings. The molecule has 0 saturated heterocycles. The molecule has 0 radical (unpaired) electrons. The molecule has 18 heavy (non-hydrogen) atoms. The van der Waals surface area contributed by atoms with Crippen LogP contribution in [0.4, 0.5) is 0 Å². The molecule has 1 aromatic heterocycles. The number of rotatable bonds is 5. The molecule has 0 unspecified atom stereocenters. The van der Waals surface area contributed by atoms with Gasteiger partial charge in [0.25, 0.3) is 0 Å². The normalized spacial score (nSPS) is 10.6. The van der Waals surface area contributed by atoms with Gasteiger partial charge in [0.2, 0.25) is 0 Å². The Balaban J connectivity index is 2.23. The third-order valence-electron chi connectivity index (χ3n) is 2.85. The predicted octanol–water partition coefficient (Wildman–Crippen LogP) is 2.89. The van der Waals surface area contributed by atoms with Gasteiger partial charge >= 0.3 is 0 Å². The van der Waals surface area contributed by atoms with Gasteiger partial charge in [0.05, 0.1) is 17.8 Å². The standard InChI is InChI=1S/C14H18N2OS/c1-10-8-11(17-3)4-5-12(10)13-9-18-14(16-13)6-7-15-2/h4-5,8-9,15H,6-7H2,1-3H3. The van der Waals surface area contributed by atoms with Gasteiger partial charge in [-0.25, -0.2) is 4.98 Å². The number of aromatic nitrogens is 1. The minimum absolute atomic E-state index is 0.891. The molecule has 96 valence electrons. The molecular formula is C14H18N2OS. The van der Waals surface area contributed by atoms with Crippen molar-refractivity contribution in [3.63, 3.8) is 0 Å². The van der Waals surface area contributed by atoms with Crippen molar-refractivity contribution in [1.82, 2.24) is 10.3 Å². The molecular weight excluding hydrogens is 244 g/mol. The topological polar surface area (TPSA) is 34.2 Å². The first-order chi connectivity index (χ1) is 8.74. The minimum atomic E-state index is 0.891. The number of aryl methyl sites for hydroxylation is 1. The number of methoxy groups -OCH3 is 1. The Hall–Kier alpha value is -1.39. The van der Waals surface area contributed by atoms with Gasteiger partial charge in [0, 0.05) is 23.9 Å². The van der Waals surface area contributed by atoms with E-state index in [9.17, 15) is 0 Å². The zero-order valence-electron chi connectivity index (χ0n) is 11.0.